The molecule has 1 aliphatic heterocycles. The van der Waals surface area contributed by atoms with E-state index in [1.807, 2.05) is 35.1 Å². The van der Waals surface area contributed by atoms with Crippen molar-refractivity contribution in [2.75, 3.05) is 10.8 Å². The van der Waals surface area contributed by atoms with Gasteiger partial charge in [-0.15, -0.1) is 0 Å². The van der Waals surface area contributed by atoms with Gasteiger partial charge in [0.25, 0.3) is 11.9 Å². The molecule has 11 heteroatoms. The summed E-state index contributed by atoms with van der Waals surface area (Å²) < 4.78 is 33.5. The van der Waals surface area contributed by atoms with Crippen LogP contribution in [0.1, 0.15) is 30.4 Å². The molecule has 2 aliphatic rings. The molecular formula is C26H23ClN4O5S. The molecule has 1 saturated heterocycles. The van der Waals surface area contributed by atoms with Crippen LogP contribution in [0.25, 0.3) is 22.2 Å². The van der Waals surface area contributed by atoms with E-state index in [2.05, 4.69) is 9.97 Å². The van der Waals surface area contributed by atoms with E-state index < -0.39 is 21.7 Å². The predicted octanol–water partition coefficient (Wildman–Crippen LogP) is 4.54. The fourth-order valence-corrected chi connectivity index (χ4v) is 6.21. The fourth-order valence-electron chi connectivity index (χ4n) is 4.73. The third-order valence-corrected chi connectivity index (χ3v) is 8.65. The van der Waals surface area contributed by atoms with Crippen LogP contribution in [0.3, 0.4) is 0 Å². The number of nitrogens with one attached hydrogen (secondary N) is 2. The highest BCUT2D eigenvalue weighted by Gasteiger charge is 2.36. The Labute approximate surface area is 218 Å². The molecule has 3 N–H and O–H groups in total. The molecule has 3 aromatic carbocycles. The van der Waals surface area contributed by atoms with Crippen molar-refractivity contribution in [3.8, 4) is 22.9 Å². The highest BCUT2D eigenvalue weighted by atomic mass is 35.5. The molecule has 37 heavy (non-hydrogen) atoms. The molecule has 9 nitrogen and oxygen atoms in total. The van der Waals surface area contributed by atoms with E-state index in [1.54, 1.807) is 31.2 Å². The molecule has 0 unspecified atom stereocenters. The van der Waals surface area contributed by atoms with Crippen LogP contribution in [0.4, 0.5) is 5.69 Å². The number of anilines is 1. The normalized spacial score (nSPS) is 18.0. The second kappa shape index (κ2) is 8.47. The number of hydrogen-bond donors (Lipinski definition) is 3. The second-order valence-corrected chi connectivity index (χ2v) is 11.4. The van der Waals surface area contributed by atoms with Crippen LogP contribution in [0, 0.1) is 6.92 Å². The number of rotatable bonds is 5. The number of ether oxygens (including phenoxy) is 1. The van der Waals surface area contributed by atoms with Gasteiger partial charge in [0, 0.05) is 11.6 Å². The Morgan fingerprint density at radius 1 is 1.11 bits per heavy atom. The number of imidazole rings is 1. The number of benzene rings is 3. The van der Waals surface area contributed by atoms with Crippen molar-refractivity contribution < 1.29 is 23.1 Å². The summed E-state index contributed by atoms with van der Waals surface area (Å²) in [5, 5.41) is 11.1. The molecule has 1 aromatic heterocycles. The summed E-state index contributed by atoms with van der Waals surface area (Å²) in [4.78, 5) is 19.3. The number of hydrogen-bond acceptors (Lipinski definition) is 6. The zero-order valence-electron chi connectivity index (χ0n) is 19.8. The average molecular weight is 539 g/mol. The monoisotopic (exact) mass is 538 g/mol. The zero-order chi connectivity index (χ0) is 25.9. The number of fused-ring (bicyclic) bond motifs is 1. The number of nitrogens with zero attached hydrogens (tertiary/aromatic N) is 2. The molecule has 190 valence electrons. The Hall–Kier alpha value is -3.60. The third kappa shape index (κ3) is 4.20. The number of aromatic nitrogens is 2. The summed E-state index contributed by atoms with van der Waals surface area (Å²) in [5.74, 6) is -0.241. The number of amides is 1. The van der Waals surface area contributed by atoms with Crippen molar-refractivity contribution >= 4 is 44.4 Å². The van der Waals surface area contributed by atoms with Gasteiger partial charge < -0.3 is 14.8 Å². The van der Waals surface area contributed by atoms with Crippen LogP contribution in [-0.2, 0) is 20.6 Å². The number of carbonyl (C=O) groups is 1. The number of aromatic amines is 1. The van der Waals surface area contributed by atoms with E-state index in [0.717, 1.165) is 40.3 Å². The van der Waals surface area contributed by atoms with E-state index in [1.165, 1.54) is 0 Å². The first kappa shape index (κ1) is 23.8. The molecule has 0 spiro atoms. The summed E-state index contributed by atoms with van der Waals surface area (Å²) in [5.41, 5.74) is 4.22. The van der Waals surface area contributed by atoms with Crippen molar-refractivity contribution in [1.29, 1.82) is 0 Å². The number of aliphatic hydroxyl groups is 1. The van der Waals surface area contributed by atoms with Crippen LogP contribution in [0.5, 0.6) is 11.8 Å². The minimum Gasteiger partial charge on any atom is -0.426 e. The van der Waals surface area contributed by atoms with Gasteiger partial charge in [0.1, 0.15) is 12.3 Å². The topological polar surface area (TPSA) is 125 Å². The standard InChI is InChI=1S/C26H23ClN4O5S/c1-15-3-8-18(11-23(15)31-14-24(32)30-37(31,34)35)36-25-28-21-12-19(20(27)13-22(21)29-25)16-4-6-17(7-5-16)26(33)9-2-10-26/h3-8,11-13,33H,2,9-10,14H2,1H3,(H,28,29)(H,30,32). The van der Waals surface area contributed by atoms with Gasteiger partial charge in [-0.05, 0) is 61.1 Å². The van der Waals surface area contributed by atoms with Crippen molar-refractivity contribution in [3.05, 3.63) is 70.7 Å². The highest BCUT2D eigenvalue weighted by molar-refractivity contribution is 7.92. The summed E-state index contributed by atoms with van der Waals surface area (Å²) >= 11 is 6.59. The zero-order valence-corrected chi connectivity index (χ0v) is 21.4. The molecule has 2 heterocycles. The Morgan fingerprint density at radius 3 is 2.51 bits per heavy atom. The van der Waals surface area contributed by atoms with Gasteiger partial charge in [-0.1, -0.05) is 41.9 Å². The summed E-state index contributed by atoms with van der Waals surface area (Å²) in [7, 11) is -3.94. The van der Waals surface area contributed by atoms with Gasteiger partial charge in [0.05, 0.1) is 27.3 Å². The molecule has 1 saturated carbocycles. The van der Waals surface area contributed by atoms with E-state index >= 15 is 0 Å². The summed E-state index contributed by atoms with van der Waals surface area (Å²) in [6, 6.07) is 16.6. The Balaban J connectivity index is 1.28. The van der Waals surface area contributed by atoms with Crippen molar-refractivity contribution in [2.24, 2.45) is 0 Å². The van der Waals surface area contributed by atoms with E-state index in [9.17, 15) is 18.3 Å². The molecule has 2 fully saturated rings. The maximum atomic E-state index is 12.3. The lowest BCUT2D eigenvalue weighted by Crippen LogP contribution is -2.33. The average Bonchev–Trinajstić information content (AvgIpc) is 3.35. The Bertz CT molecular complexity index is 1660. The number of carbonyl (C=O) groups excluding carboxylic acids is 1. The van der Waals surface area contributed by atoms with Crippen LogP contribution in [0.15, 0.2) is 54.6 Å². The quantitative estimate of drug-likeness (QED) is 0.343. The van der Waals surface area contributed by atoms with Crippen molar-refractivity contribution in [1.82, 2.24) is 14.7 Å². The van der Waals surface area contributed by atoms with Gasteiger partial charge in [-0.2, -0.15) is 13.4 Å². The second-order valence-electron chi connectivity index (χ2n) is 9.44. The summed E-state index contributed by atoms with van der Waals surface area (Å²) in [6.45, 7) is 1.46. The molecule has 1 aliphatic carbocycles. The number of halogens is 1. The highest BCUT2D eigenvalue weighted by Crippen LogP contribution is 2.42. The molecule has 0 bridgehead atoms. The molecule has 1 amide bonds. The van der Waals surface area contributed by atoms with E-state index in [0.29, 0.717) is 33.1 Å². The van der Waals surface area contributed by atoms with Gasteiger partial charge in [0.2, 0.25) is 0 Å². The van der Waals surface area contributed by atoms with Gasteiger partial charge in [-0.3, -0.25) is 4.79 Å². The Morgan fingerprint density at radius 2 is 1.86 bits per heavy atom. The van der Waals surface area contributed by atoms with Crippen LogP contribution in [0.2, 0.25) is 5.02 Å². The molecular weight excluding hydrogens is 516 g/mol. The number of aryl methyl sites for hydroxylation is 1. The largest absolute Gasteiger partial charge is 0.426 e. The van der Waals surface area contributed by atoms with Gasteiger partial charge in [-0.25, -0.2) is 9.03 Å². The van der Waals surface area contributed by atoms with E-state index in [4.69, 9.17) is 16.3 Å². The lowest BCUT2D eigenvalue weighted by Gasteiger charge is -2.37. The first-order chi connectivity index (χ1) is 17.6. The van der Waals surface area contributed by atoms with Crippen LogP contribution in [-0.4, -0.2) is 35.9 Å². The Kier molecular flexibility index (Phi) is 5.45. The smallest absolute Gasteiger partial charge is 0.326 e. The lowest BCUT2D eigenvalue weighted by atomic mass is 9.75. The first-order valence-corrected chi connectivity index (χ1v) is 13.6. The van der Waals surface area contributed by atoms with Crippen LogP contribution < -0.4 is 13.8 Å². The van der Waals surface area contributed by atoms with E-state index in [-0.39, 0.29) is 12.6 Å². The molecule has 4 aromatic rings. The fraction of sp³-hybridized carbons (Fsp3) is 0.231. The lowest BCUT2D eigenvalue weighted by molar-refractivity contribution is -0.117. The molecule has 0 radical (unpaired) electrons. The molecule has 0 atom stereocenters. The maximum absolute atomic E-state index is 12.3. The van der Waals surface area contributed by atoms with Crippen molar-refractivity contribution in [3.63, 3.8) is 0 Å². The SMILES string of the molecule is Cc1ccc(Oc2nc3cc(-c4ccc(C5(O)CCC5)cc4)c(Cl)cc3[nH]2)cc1N1CC(=O)NS1(=O)=O. The minimum atomic E-state index is -3.94. The molecule has 6 rings (SSSR count). The van der Waals surface area contributed by atoms with Crippen molar-refractivity contribution in [2.45, 2.75) is 31.8 Å². The maximum Gasteiger partial charge on any atom is 0.326 e. The predicted molar refractivity (Wildman–Crippen MR) is 140 cm³/mol. The van der Waals surface area contributed by atoms with Crippen LogP contribution >= 0.6 is 11.6 Å². The minimum absolute atomic E-state index is 0.207. The first-order valence-electron chi connectivity index (χ1n) is 11.8. The van der Waals surface area contributed by atoms with Gasteiger partial charge in [0.15, 0.2) is 0 Å². The van der Waals surface area contributed by atoms with Gasteiger partial charge >= 0.3 is 10.2 Å². The number of H-pyrrole nitrogens is 1. The summed E-state index contributed by atoms with van der Waals surface area (Å²) in [6.07, 6.45) is 2.59. The third-order valence-electron chi connectivity index (χ3n) is 6.95.